The van der Waals surface area contributed by atoms with Crippen LogP contribution in [0.1, 0.15) is 41.3 Å². The lowest BCUT2D eigenvalue weighted by atomic mass is 10.1. The van der Waals surface area contributed by atoms with Crippen molar-refractivity contribution in [3.63, 3.8) is 0 Å². The smallest absolute Gasteiger partial charge is 0.180 e. The number of nitrogens with zero attached hydrogens (tertiary/aromatic N) is 4. The highest BCUT2D eigenvalue weighted by atomic mass is 15.1. The molecule has 0 saturated carbocycles. The zero-order valence-electron chi connectivity index (χ0n) is 14.7. The van der Waals surface area contributed by atoms with Gasteiger partial charge in [0, 0.05) is 41.8 Å². The third kappa shape index (κ3) is 2.73. The molecule has 0 spiro atoms. The van der Waals surface area contributed by atoms with E-state index in [1.165, 1.54) is 22.5 Å². The van der Waals surface area contributed by atoms with Gasteiger partial charge in [0.05, 0.1) is 0 Å². The fraction of sp³-hybridized carbons (Fsp3) is 0.333. The van der Waals surface area contributed by atoms with Crippen molar-refractivity contribution in [3.05, 3.63) is 65.2 Å². The first kappa shape index (κ1) is 15.4. The summed E-state index contributed by atoms with van der Waals surface area (Å²) >= 11 is 0. The van der Waals surface area contributed by atoms with Gasteiger partial charge in [0.25, 0.3) is 0 Å². The Labute approximate surface area is 153 Å². The van der Waals surface area contributed by atoms with Crippen LogP contribution in [0.5, 0.6) is 0 Å². The van der Waals surface area contributed by atoms with Crippen molar-refractivity contribution >= 4 is 5.82 Å². The SMILES string of the molecule is c1ccc(-c2nc3c(c(NCC4CCc5cccnc54)n2)CCC3)nc1. The molecule has 130 valence electrons. The lowest BCUT2D eigenvalue weighted by molar-refractivity contribution is 0.692. The maximum absolute atomic E-state index is 4.83. The van der Waals surface area contributed by atoms with Crippen LogP contribution in [0.3, 0.4) is 0 Å². The summed E-state index contributed by atoms with van der Waals surface area (Å²) < 4.78 is 0. The fourth-order valence-corrected chi connectivity index (χ4v) is 4.10. The highest BCUT2D eigenvalue weighted by Gasteiger charge is 2.25. The summed E-state index contributed by atoms with van der Waals surface area (Å²) in [7, 11) is 0. The first-order chi connectivity index (χ1) is 12.9. The van der Waals surface area contributed by atoms with E-state index in [1.54, 1.807) is 6.20 Å². The number of hydrogen-bond donors (Lipinski definition) is 1. The van der Waals surface area contributed by atoms with Crippen molar-refractivity contribution < 1.29 is 0 Å². The zero-order chi connectivity index (χ0) is 17.3. The van der Waals surface area contributed by atoms with Gasteiger partial charge in [-0.2, -0.15) is 0 Å². The van der Waals surface area contributed by atoms with Gasteiger partial charge in [0.15, 0.2) is 5.82 Å². The molecule has 3 heterocycles. The second kappa shape index (κ2) is 6.48. The van der Waals surface area contributed by atoms with Crippen molar-refractivity contribution in [3.8, 4) is 11.5 Å². The van der Waals surface area contributed by atoms with Crippen LogP contribution in [-0.4, -0.2) is 26.5 Å². The van der Waals surface area contributed by atoms with Crippen molar-refractivity contribution in [2.45, 2.75) is 38.0 Å². The minimum absolute atomic E-state index is 0.455. The van der Waals surface area contributed by atoms with Gasteiger partial charge < -0.3 is 5.32 Å². The Hall–Kier alpha value is -2.82. The number of aryl methyl sites for hydroxylation is 2. The zero-order valence-corrected chi connectivity index (χ0v) is 14.7. The fourth-order valence-electron chi connectivity index (χ4n) is 4.10. The van der Waals surface area contributed by atoms with Crippen LogP contribution in [0.25, 0.3) is 11.5 Å². The summed E-state index contributed by atoms with van der Waals surface area (Å²) in [6.45, 7) is 0.870. The van der Waals surface area contributed by atoms with Crippen LogP contribution in [0.2, 0.25) is 0 Å². The molecule has 0 amide bonds. The molecule has 5 heteroatoms. The van der Waals surface area contributed by atoms with E-state index in [0.29, 0.717) is 5.92 Å². The quantitative estimate of drug-likeness (QED) is 0.785. The van der Waals surface area contributed by atoms with Crippen LogP contribution in [0.15, 0.2) is 42.7 Å². The topological polar surface area (TPSA) is 63.6 Å². The van der Waals surface area contributed by atoms with Gasteiger partial charge in [-0.1, -0.05) is 12.1 Å². The van der Waals surface area contributed by atoms with Crippen molar-refractivity contribution in [1.82, 2.24) is 19.9 Å². The standard InChI is InChI=1S/C21H21N5/c1-2-11-22-18(7-1)21-25-17-8-3-6-16(17)20(26-21)24-13-15-10-9-14-5-4-12-23-19(14)15/h1-2,4-5,7,11-12,15H,3,6,8-10,13H2,(H,24,25,26). The number of aromatic nitrogens is 4. The molecule has 0 saturated heterocycles. The van der Waals surface area contributed by atoms with Crippen molar-refractivity contribution in [2.75, 3.05) is 11.9 Å². The normalized spacial score (nSPS) is 17.8. The maximum Gasteiger partial charge on any atom is 0.180 e. The largest absolute Gasteiger partial charge is 0.369 e. The molecule has 1 N–H and O–H groups in total. The summed E-state index contributed by atoms with van der Waals surface area (Å²) in [5.41, 5.74) is 5.92. The van der Waals surface area contributed by atoms with Crippen molar-refractivity contribution in [2.24, 2.45) is 0 Å². The minimum Gasteiger partial charge on any atom is -0.369 e. The highest BCUT2D eigenvalue weighted by Crippen LogP contribution is 2.33. The van der Waals surface area contributed by atoms with E-state index in [4.69, 9.17) is 9.97 Å². The van der Waals surface area contributed by atoms with E-state index in [0.717, 1.165) is 56.0 Å². The molecule has 3 aromatic rings. The molecule has 0 aliphatic heterocycles. The van der Waals surface area contributed by atoms with E-state index in [1.807, 2.05) is 30.5 Å². The number of rotatable bonds is 4. The van der Waals surface area contributed by atoms with Gasteiger partial charge in [-0.15, -0.1) is 0 Å². The number of hydrogen-bond acceptors (Lipinski definition) is 5. The first-order valence-corrected chi connectivity index (χ1v) is 9.37. The van der Waals surface area contributed by atoms with Crippen LogP contribution in [-0.2, 0) is 19.3 Å². The van der Waals surface area contributed by atoms with E-state index in [9.17, 15) is 0 Å². The van der Waals surface area contributed by atoms with Crippen molar-refractivity contribution in [1.29, 1.82) is 0 Å². The third-order valence-corrected chi connectivity index (χ3v) is 5.42. The summed E-state index contributed by atoms with van der Waals surface area (Å²) in [6.07, 6.45) is 9.20. The lowest BCUT2D eigenvalue weighted by Gasteiger charge is -2.15. The van der Waals surface area contributed by atoms with Gasteiger partial charge in [0.2, 0.25) is 0 Å². The molecule has 26 heavy (non-hydrogen) atoms. The number of nitrogens with one attached hydrogen (secondary N) is 1. The molecule has 0 aromatic carbocycles. The van der Waals surface area contributed by atoms with Gasteiger partial charge in [-0.05, 0) is 55.9 Å². The lowest BCUT2D eigenvalue weighted by Crippen LogP contribution is -2.14. The molecule has 0 bridgehead atoms. The monoisotopic (exact) mass is 343 g/mol. The van der Waals surface area contributed by atoms with Gasteiger partial charge in [-0.3, -0.25) is 9.97 Å². The summed E-state index contributed by atoms with van der Waals surface area (Å²) in [5, 5.41) is 3.62. The summed E-state index contributed by atoms with van der Waals surface area (Å²) in [6, 6.07) is 10.1. The Bertz CT molecular complexity index is 938. The highest BCUT2D eigenvalue weighted by molar-refractivity contribution is 5.58. The molecule has 2 aliphatic carbocycles. The van der Waals surface area contributed by atoms with E-state index in [2.05, 4.69) is 21.4 Å². The van der Waals surface area contributed by atoms with Crippen LogP contribution in [0.4, 0.5) is 5.82 Å². The molecule has 5 nitrogen and oxygen atoms in total. The molecular weight excluding hydrogens is 322 g/mol. The Morgan fingerprint density at radius 3 is 2.85 bits per heavy atom. The molecule has 0 fully saturated rings. The molecular formula is C21H21N5. The van der Waals surface area contributed by atoms with Gasteiger partial charge in [0.1, 0.15) is 11.5 Å². The molecule has 1 unspecified atom stereocenters. The predicted octanol–water partition coefficient (Wildman–Crippen LogP) is 3.56. The number of fused-ring (bicyclic) bond motifs is 2. The van der Waals surface area contributed by atoms with Gasteiger partial charge in [-0.25, -0.2) is 9.97 Å². The first-order valence-electron chi connectivity index (χ1n) is 9.37. The predicted molar refractivity (Wildman–Crippen MR) is 101 cm³/mol. The van der Waals surface area contributed by atoms with E-state index >= 15 is 0 Å². The number of pyridine rings is 2. The number of anilines is 1. The Balaban J connectivity index is 1.43. The van der Waals surface area contributed by atoms with Crippen LogP contribution < -0.4 is 5.32 Å². The molecule has 3 aromatic heterocycles. The second-order valence-electron chi connectivity index (χ2n) is 7.05. The molecule has 1 atom stereocenters. The summed E-state index contributed by atoms with van der Waals surface area (Å²) in [4.78, 5) is 18.6. The Kier molecular flexibility index (Phi) is 3.85. The summed E-state index contributed by atoms with van der Waals surface area (Å²) in [5.74, 6) is 2.16. The average Bonchev–Trinajstić information content (AvgIpc) is 3.33. The average molecular weight is 343 g/mol. The molecule has 5 rings (SSSR count). The second-order valence-corrected chi connectivity index (χ2v) is 7.05. The third-order valence-electron chi connectivity index (χ3n) is 5.42. The van der Waals surface area contributed by atoms with E-state index < -0.39 is 0 Å². The Morgan fingerprint density at radius 1 is 0.962 bits per heavy atom. The molecule has 2 aliphatic rings. The van der Waals surface area contributed by atoms with Crippen LogP contribution in [0, 0.1) is 0 Å². The molecule has 0 radical (unpaired) electrons. The van der Waals surface area contributed by atoms with Crippen LogP contribution >= 0.6 is 0 Å². The van der Waals surface area contributed by atoms with Gasteiger partial charge >= 0.3 is 0 Å². The minimum atomic E-state index is 0.455. The Morgan fingerprint density at radius 2 is 1.92 bits per heavy atom. The maximum atomic E-state index is 4.83. The van der Waals surface area contributed by atoms with E-state index in [-0.39, 0.29) is 0 Å².